The van der Waals surface area contributed by atoms with Crippen molar-refractivity contribution in [2.24, 2.45) is 0 Å². The van der Waals surface area contributed by atoms with Crippen molar-refractivity contribution >= 4 is 31.9 Å². The van der Waals surface area contributed by atoms with Gasteiger partial charge in [0.25, 0.3) is 0 Å². The molecule has 0 saturated carbocycles. The number of benzene rings is 2. The van der Waals surface area contributed by atoms with Crippen LogP contribution in [0.25, 0.3) is 0 Å². The van der Waals surface area contributed by atoms with Crippen molar-refractivity contribution < 1.29 is 4.74 Å². The van der Waals surface area contributed by atoms with Crippen LogP contribution in [-0.4, -0.2) is 0 Å². The molecule has 0 aliphatic rings. The Morgan fingerprint density at radius 2 is 1.80 bits per heavy atom. The van der Waals surface area contributed by atoms with Gasteiger partial charge in [-0.3, -0.25) is 0 Å². The summed E-state index contributed by atoms with van der Waals surface area (Å²) in [7, 11) is 0. The van der Waals surface area contributed by atoms with Crippen LogP contribution in [-0.2, 0) is 10.7 Å². The van der Waals surface area contributed by atoms with Crippen LogP contribution >= 0.6 is 31.9 Å². The topological polar surface area (TPSA) is 9.23 Å². The second-order valence-corrected chi connectivity index (χ2v) is 7.19. The van der Waals surface area contributed by atoms with Crippen LogP contribution in [0.3, 0.4) is 0 Å². The Labute approximate surface area is 137 Å². The van der Waals surface area contributed by atoms with Gasteiger partial charge in [-0.15, -0.1) is 0 Å². The molecule has 2 rings (SSSR count). The van der Waals surface area contributed by atoms with Crippen LogP contribution in [0.1, 0.15) is 31.9 Å². The zero-order chi connectivity index (χ0) is 14.8. The summed E-state index contributed by atoms with van der Waals surface area (Å²) in [5.74, 6) is 1.70. The highest BCUT2D eigenvalue weighted by molar-refractivity contribution is 9.10. The van der Waals surface area contributed by atoms with E-state index in [0.717, 1.165) is 21.3 Å². The summed E-state index contributed by atoms with van der Waals surface area (Å²) in [6, 6.07) is 14.4. The number of rotatable bonds is 3. The van der Waals surface area contributed by atoms with Gasteiger partial charge in [-0.1, -0.05) is 54.9 Å². The van der Waals surface area contributed by atoms with Crippen LogP contribution in [0, 0.1) is 0 Å². The second-order valence-electron chi connectivity index (χ2n) is 5.78. The Morgan fingerprint density at radius 1 is 1.05 bits per heavy atom. The molecule has 0 fully saturated rings. The van der Waals surface area contributed by atoms with Gasteiger partial charge >= 0.3 is 0 Å². The van der Waals surface area contributed by atoms with Crippen molar-refractivity contribution in [3.05, 3.63) is 58.1 Å². The van der Waals surface area contributed by atoms with Crippen LogP contribution in [0.15, 0.2) is 46.9 Å². The lowest BCUT2D eigenvalue weighted by atomic mass is 9.87. The summed E-state index contributed by atoms with van der Waals surface area (Å²) in [4.78, 5) is 0. The van der Waals surface area contributed by atoms with Gasteiger partial charge in [0.05, 0.1) is 4.47 Å². The van der Waals surface area contributed by atoms with Crippen molar-refractivity contribution in [3.8, 4) is 11.5 Å². The third kappa shape index (κ3) is 3.86. The molecule has 0 atom stereocenters. The standard InChI is InChI=1S/C17H18Br2O/c1-17(2,3)13-5-4-6-14(10-13)20-16-8-7-12(11-18)9-15(16)19/h4-10H,11H2,1-3H3. The Hall–Kier alpha value is -0.800. The minimum absolute atomic E-state index is 0.121. The Kier molecular flexibility index (Phi) is 4.92. The van der Waals surface area contributed by atoms with Crippen molar-refractivity contribution in [1.29, 1.82) is 0 Å². The molecule has 0 saturated heterocycles. The first-order valence-electron chi connectivity index (χ1n) is 6.53. The maximum atomic E-state index is 5.98. The number of ether oxygens (including phenoxy) is 1. The molecule has 0 bridgehead atoms. The van der Waals surface area contributed by atoms with Crippen LogP contribution in [0.4, 0.5) is 0 Å². The maximum Gasteiger partial charge on any atom is 0.141 e. The lowest BCUT2D eigenvalue weighted by Gasteiger charge is -2.20. The fourth-order valence-corrected chi connectivity index (χ4v) is 2.72. The highest BCUT2D eigenvalue weighted by Gasteiger charge is 2.14. The zero-order valence-electron chi connectivity index (χ0n) is 11.9. The van der Waals surface area contributed by atoms with Gasteiger partial charge in [0.15, 0.2) is 0 Å². The SMILES string of the molecule is CC(C)(C)c1cccc(Oc2ccc(CBr)cc2Br)c1. The number of hydrogen-bond acceptors (Lipinski definition) is 1. The van der Waals surface area contributed by atoms with Crippen molar-refractivity contribution in [2.75, 3.05) is 0 Å². The molecule has 0 aliphatic heterocycles. The number of hydrogen-bond donors (Lipinski definition) is 0. The third-order valence-electron chi connectivity index (χ3n) is 3.08. The van der Waals surface area contributed by atoms with Crippen molar-refractivity contribution in [2.45, 2.75) is 31.5 Å². The third-order valence-corrected chi connectivity index (χ3v) is 4.35. The average Bonchev–Trinajstić information content (AvgIpc) is 2.40. The van der Waals surface area contributed by atoms with Crippen LogP contribution in [0.5, 0.6) is 11.5 Å². The first kappa shape index (κ1) is 15.6. The predicted octanol–water partition coefficient (Wildman–Crippen LogP) is 6.43. The van der Waals surface area contributed by atoms with E-state index in [4.69, 9.17) is 4.74 Å². The Balaban J connectivity index is 2.26. The van der Waals surface area contributed by atoms with E-state index in [2.05, 4.69) is 76.9 Å². The Bertz CT molecular complexity index is 600. The second kappa shape index (κ2) is 6.31. The molecule has 3 heteroatoms. The number of alkyl halides is 1. The molecule has 2 aromatic carbocycles. The van der Waals surface area contributed by atoms with Crippen LogP contribution in [0.2, 0.25) is 0 Å². The van der Waals surface area contributed by atoms with Gasteiger partial charge in [0, 0.05) is 5.33 Å². The average molecular weight is 398 g/mol. The minimum atomic E-state index is 0.121. The molecule has 0 N–H and O–H groups in total. The molecule has 0 unspecified atom stereocenters. The molecule has 20 heavy (non-hydrogen) atoms. The van der Waals surface area contributed by atoms with Gasteiger partial charge in [-0.25, -0.2) is 0 Å². The monoisotopic (exact) mass is 396 g/mol. The molecule has 0 radical (unpaired) electrons. The fraction of sp³-hybridized carbons (Fsp3) is 0.294. The number of halogens is 2. The molecular formula is C17H18Br2O. The lowest BCUT2D eigenvalue weighted by molar-refractivity contribution is 0.475. The molecule has 0 spiro atoms. The fourth-order valence-electron chi connectivity index (χ4n) is 1.86. The first-order chi connectivity index (χ1) is 9.40. The molecule has 0 aliphatic carbocycles. The quantitative estimate of drug-likeness (QED) is 0.542. The summed E-state index contributed by atoms with van der Waals surface area (Å²) in [5, 5.41) is 0.839. The zero-order valence-corrected chi connectivity index (χ0v) is 15.1. The smallest absolute Gasteiger partial charge is 0.141 e. The summed E-state index contributed by atoms with van der Waals surface area (Å²) in [5.41, 5.74) is 2.60. The van der Waals surface area contributed by atoms with Gasteiger partial charge in [0.1, 0.15) is 11.5 Å². The molecule has 106 valence electrons. The van der Waals surface area contributed by atoms with Crippen molar-refractivity contribution in [3.63, 3.8) is 0 Å². The van der Waals surface area contributed by atoms with E-state index < -0.39 is 0 Å². The lowest BCUT2D eigenvalue weighted by Crippen LogP contribution is -2.10. The Morgan fingerprint density at radius 3 is 2.40 bits per heavy atom. The first-order valence-corrected chi connectivity index (χ1v) is 8.44. The molecule has 2 aromatic rings. The molecular weight excluding hydrogens is 380 g/mol. The highest BCUT2D eigenvalue weighted by Crippen LogP contribution is 2.33. The highest BCUT2D eigenvalue weighted by atomic mass is 79.9. The van der Waals surface area contributed by atoms with E-state index in [1.165, 1.54) is 11.1 Å². The predicted molar refractivity (Wildman–Crippen MR) is 92.0 cm³/mol. The minimum Gasteiger partial charge on any atom is -0.456 e. The van der Waals surface area contributed by atoms with Crippen molar-refractivity contribution in [1.82, 2.24) is 0 Å². The van der Waals surface area contributed by atoms with E-state index >= 15 is 0 Å². The van der Waals surface area contributed by atoms with E-state index in [9.17, 15) is 0 Å². The van der Waals surface area contributed by atoms with E-state index in [0.29, 0.717) is 0 Å². The summed E-state index contributed by atoms with van der Waals surface area (Å²) < 4.78 is 6.95. The van der Waals surface area contributed by atoms with Gasteiger partial charge in [-0.05, 0) is 56.7 Å². The largest absolute Gasteiger partial charge is 0.456 e. The van der Waals surface area contributed by atoms with Crippen LogP contribution < -0.4 is 4.74 Å². The van der Waals surface area contributed by atoms with E-state index in [-0.39, 0.29) is 5.41 Å². The van der Waals surface area contributed by atoms with Gasteiger partial charge in [0.2, 0.25) is 0 Å². The van der Waals surface area contributed by atoms with Gasteiger partial charge < -0.3 is 4.74 Å². The van der Waals surface area contributed by atoms with E-state index in [1.54, 1.807) is 0 Å². The maximum absolute atomic E-state index is 5.98. The molecule has 0 amide bonds. The van der Waals surface area contributed by atoms with E-state index in [1.807, 2.05) is 18.2 Å². The summed E-state index contributed by atoms with van der Waals surface area (Å²) in [6.07, 6.45) is 0. The van der Waals surface area contributed by atoms with Gasteiger partial charge in [-0.2, -0.15) is 0 Å². The molecule has 0 heterocycles. The molecule has 1 nitrogen and oxygen atoms in total. The normalized spacial score (nSPS) is 11.4. The summed E-state index contributed by atoms with van der Waals surface area (Å²) >= 11 is 7.01. The summed E-state index contributed by atoms with van der Waals surface area (Å²) in [6.45, 7) is 6.60. The molecule has 0 aromatic heterocycles.